The summed E-state index contributed by atoms with van der Waals surface area (Å²) < 4.78 is 1.82. The average molecular weight is 266 g/mol. The van der Waals surface area contributed by atoms with Crippen molar-refractivity contribution in [2.24, 2.45) is 12.8 Å². The second-order valence-corrected chi connectivity index (χ2v) is 5.08. The highest BCUT2D eigenvalue weighted by Gasteiger charge is 2.10. The predicted molar refractivity (Wildman–Crippen MR) is 80.2 cm³/mol. The zero-order valence-corrected chi connectivity index (χ0v) is 11.5. The molecule has 4 nitrogen and oxygen atoms in total. The van der Waals surface area contributed by atoms with Crippen molar-refractivity contribution in [1.82, 2.24) is 14.8 Å². The Morgan fingerprint density at radius 2 is 2.10 bits per heavy atom. The van der Waals surface area contributed by atoms with E-state index >= 15 is 0 Å². The molecule has 102 valence electrons. The number of nitrogens with zero attached hydrogens (tertiary/aromatic N) is 3. The smallest absolute Gasteiger partial charge is 0.0705 e. The van der Waals surface area contributed by atoms with Gasteiger partial charge in [-0.15, -0.1) is 0 Å². The minimum Gasteiger partial charge on any atom is -0.324 e. The number of aryl methyl sites for hydroxylation is 2. The number of benzene rings is 1. The van der Waals surface area contributed by atoms with Crippen molar-refractivity contribution in [3.8, 4) is 0 Å². The third kappa shape index (κ3) is 2.56. The molecule has 0 saturated heterocycles. The van der Waals surface area contributed by atoms with Gasteiger partial charge in [-0.2, -0.15) is 5.10 Å². The van der Waals surface area contributed by atoms with Gasteiger partial charge in [0, 0.05) is 30.9 Å². The zero-order chi connectivity index (χ0) is 13.9. The molecule has 0 aliphatic heterocycles. The molecule has 3 aromatic rings. The van der Waals surface area contributed by atoms with E-state index in [2.05, 4.69) is 16.1 Å². The third-order valence-corrected chi connectivity index (χ3v) is 3.58. The molecule has 2 N–H and O–H groups in total. The minimum atomic E-state index is 0.0168. The lowest BCUT2D eigenvalue weighted by Crippen LogP contribution is -2.12. The zero-order valence-electron chi connectivity index (χ0n) is 11.5. The fourth-order valence-corrected chi connectivity index (χ4v) is 2.52. The van der Waals surface area contributed by atoms with Crippen LogP contribution in [0.25, 0.3) is 10.9 Å². The van der Waals surface area contributed by atoms with Crippen molar-refractivity contribution in [3.05, 3.63) is 60.0 Å². The average Bonchev–Trinajstić information content (AvgIpc) is 2.90. The van der Waals surface area contributed by atoms with Gasteiger partial charge in [0.2, 0.25) is 0 Å². The lowest BCUT2D eigenvalue weighted by atomic mass is 9.98. The van der Waals surface area contributed by atoms with Gasteiger partial charge in [-0.25, -0.2) is 0 Å². The van der Waals surface area contributed by atoms with E-state index < -0.39 is 0 Å². The summed E-state index contributed by atoms with van der Waals surface area (Å²) in [5.41, 5.74) is 9.75. The van der Waals surface area contributed by atoms with Gasteiger partial charge in [0.05, 0.1) is 11.7 Å². The first-order valence-corrected chi connectivity index (χ1v) is 6.81. The molecule has 0 aliphatic carbocycles. The first-order valence-electron chi connectivity index (χ1n) is 6.81. The van der Waals surface area contributed by atoms with Crippen molar-refractivity contribution >= 4 is 10.9 Å². The summed E-state index contributed by atoms with van der Waals surface area (Å²) in [5, 5.41) is 5.33. The van der Waals surface area contributed by atoms with Crippen molar-refractivity contribution in [1.29, 1.82) is 0 Å². The molecular formula is C16H18N4. The van der Waals surface area contributed by atoms with Gasteiger partial charge in [-0.1, -0.05) is 18.2 Å². The maximum Gasteiger partial charge on any atom is 0.0705 e. The molecular weight excluding hydrogens is 248 g/mol. The fraction of sp³-hybridized carbons (Fsp3) is 0.250. The molecule has 1 atom stereocenters. The summed E-state index contributed by atoms with van der Waals surface area (Å²) >= 11 is 0. The van der Waals surface area contributed by atoms with Crippen LogP contribution in [0, 0.1) is 0 Å². The Hall–Kier alpha value is -2.20. The van der Waals surface area contributed by atoms with Crippen LogP contribution < -0.4 is 5.73 Å². The molecule has 4 heteroatoms. The van der Waals surface area contributed by atoms with Crippen molar-refractivity contribution < 1.29 is 0 Å². The summed E-state index contributed by atoms with van der Waals surface area (Å²) in [7, 11) is 1.93. The maximum atomic E-state index is 6.36. The fourth-order valence-electron chi connectivity index (χ4n) is 2.52. The topological polar surface area (TPSA) is 56.7 Å². The Morgan fingerprint density at radius 3 is 2.90 bits per heavy atom. The highest BCUT2D eigenvalue weighted by Crippen LogP contribution is 2.24. The highest BCUT2D eigenvalue weighted by molar-refractivity contribution is 5.82. The quantitative estimate of drug-likeness (QED) is 0.789. The number of aromatic nitrogens is 3. The first-order chi connectivity index (χ1) is 9.74. The van der Waals surface area contributed by atoms with E-state index in [0.29, 0.717) is 0 Å². The Bertz CT molecular complexity index is 712. The molecule has 0 spiro atoms. The van der Waals surface area contributed by atoms with Crippen molar-refractivity contribution in [2.75, 3.05) is 0 Å². The van der Waals surface area contributed by atoms with Crippen LogP contribution in [0.15, 0.2) is 48.9 Å². The number of fused-ring (bicyclic) bond motifs is 1. The van der Waals surface area contributed by atoms with E-state index in [1.807, 2.05) is 54.6 Å². The van der Waals surface area contributed by atoms with Crippen LogP contribution in [-0.2, 0) is 13.5 Å². The molecule has 2 heterocycles. The van der Waals surface area contributed by atoms with Gasteiger partial charge in [-0.05, 0) is 36.1 Å². The summed E-state index contributed by atoms with van der Waals surface area (Å²) in [4.78, 5) is 4.38. The van der Waals surface area contributed by atoms with Gasteiger partial charge in [-0.3, -0.25) is 9.67 Å². The van der Waals surface area contributed by atoms with E-state index in [4.69, 9.17) is 5.73 Å². The lowest BCUT2D eigenvalue weighted by Gasteiger charge is -2.13. The van der Waals surface area contributed by atoms with Crippen LogP contribution in [0.1, 0.15) is 23.6 Å². The number of rotatable bonds is 4. The summed E-state index contributed by atoms with van der Waals surface area (Å²) in [5.74, 6) is 0. The maximum absolute atomic E-state index is 6.36. The highest BCUT2D eigenvalue weighted by atomic mass is 15.2. The molecule has 0 aliphatic rings. The minimum absolute atomic E-state index is 0.0168. The van der Waals surface area contributed by atoms with Gasteiger partial charge in [0.15, 0.2) is 0 Å². The Kier molecular flexibility index (Phi) is 3.48. The predicted octanol–water partition coefficient (Wildman–Crippen LogP) is 2.60. The Balaban J connectivity index is 1.80. The standard InChI is InChI=1S/C16H18N4/c1-20-11-12(10-19-20)6-7-15(17)13-8-9-18-16-5-3-2-4-14(13)16/h2-5,8-11,15H,6-7,17H2,1H3. The number of pyridine rings is 1. The first kappa shape index (κ1) is 12.8. The Labute approximate surface area is 118 Å². The lowest BCUT2D eigenvalue weighted by molar-refractivity contribution is 0.655. The summed E-state index contributed by atoms with van der Waals surface area (Å²) in [6, 6.07) is 10.2. The molecule has 0 bridgehead atoms. The summed E-state index contributed by atoms with van der Waals surface area (Å²) in [6.45, 7) is 0. The van der Waals surface area contributed by atoms with Crippen molar-refractivity contribution in [3.63, 3.8) is 0 Å². The van der Waals surface area contributed by atoms with E-state index in [1.54, 1.807) is 0 Å². The van der Waals surface area contributed by atoms with E-state index in [1.165, 1.54) is 11.1 Å². The summed E-state index contributed by atoms with van der Waals surface area (Å²) in [6.07, 6.45) is 7.61. The molecule has 0 saturated carbocycles. The van der Waals surface area contributed by atoms with E-state index in [0.717, 1.165) is 23.7 Å². The van der Waals surface area contributed by atoms with Crippen molar-refractivity contribution in [2.45, 2.75) is 18.9 Å². The molecule has 3 rings (SSSR count). The second kappa shape index (κ2) is 5.43. The van der Waals surface area contributed by atoms with Crippen LogP contribution >= 0.6 is 0 Å². The number of nitrogens with two attached hydrogens (primary N) is 1. The normalized spacial score (nSPS) is 12.7. The monoisotopic (exact) mass is 266 g/mol. The largest absolute Gasteiger partial charge is 0.324 e. The van der Waals surface area contributed by atoms with Gasteiger partial charge in [0.25, 0.3) is 0 Å². The Morgan fingerprint density at radius 1 is 1.25 bits per heavy atom. The SMILES string of the molecule is Cn1cc(CCC(N)c2ccnc3ccccc23)cn1. The van der Waals surface area contributed by atoms with Crippen LogP contribution in [0.3, 0.4) is 0 Å². The number of para-hydroxylation sites is 1. The third-order valence-electron chi connectivity index (χ3n) is 3.58. The van der Waals surface area contributed by atoms with E-state index in [-0.39, 0.29) is 6.04 Å². The second-order valence-electron chi connectivity index (χ2n) is 5.08. The van der Waals surface area contributed by atoms with Gasteiger partial charge < -0.3 is 5.73 Å². The molecule has 0 fully saturated rings. The van der Waals surface area contributed by atoms with E-state index in [9.17, 15) is 0 Å². The molecule has 20 heavy (non-hydrogen) atoms. The van der Waals surface area contributed by atoms with Crippen LogP contribution in [-0.4, -0.2) is 14.8 Å². The molecule has 0 amide bonds. The molecule has 2 aromatic heterocycles. The van der Waals surface area contributed by atoms with Gasteiger partial charge in [0.1, 0.15) is 0 Å². The van der Waals surface area contributed by atoms with Crippen LogP contribution in [0.5, 0.6) is 0 Å². The van der Waals surface area contributed by atoms with Crippen LogP contribution in [0.4, 0.5) is 0 Å². The van der Waals surface area contributed by atoms with Gasteiger partial charge >= 0.3 is 0 Å². The molecule has 1 aromatic carbocycles. The number of hydrogen-bond acceptors (Lipinski definition) is 3. The number of hydrogen-bond donors (Lipinski definition) is 1. The molecule has 1 unspecified atom stereocenters. The molecule has 0 radical (unpaired) electrons. The van der Waals surface area contributed by atoms with Crippen LogP contribution in [0.2, 0.25) is 0 Å².